The van der Waals surface area contributed by atoms with E-state index in [4.69, 9.17) is 4.52 Å². The first kappa shape index (κ1) is 16.0. The molecule has 8 heteroatoms. The lowest BCUT2D eigenvalue weighted by Gasteiger charge is -2.12. The molecule has 0 N–H and O–H groups in total. The molecule has 0 radical (unpaired) electrons. The molecule has 23 heavy (non-hydrogen) atoms. The standard InChI is InChI=1S/C15H11F4NO2S/c1-23-14-11(13(22-20-14)7-2-3-7)12(21)9-5-4-8(16)6-10(9)15(17,18)19/h4-7H,2-3H2,1H3. The van der Waals surface area contributed by atoms with E-state index in [2.05, 4.69) is 5.16 Å². The number of alkyl halides is 3. The summed E-state index contributed by atoms with van der Waals surface area (Å²) in [6.45, 7) is 0. The van der Waals surface area contributed by atoms with Gasteiger partial charge in [0.05, 0.1) is 11.1 Å². The fourth-order valence-electron chi connectivity index (χ4n) is 2.34. The first-order valence-corrected chi connectivity index (χ1v) is 8.00. The van der Waals surface area contributed by atoms with Gasteiger partial charge in [0.1, 0.15) is 5.82 Å². The van der Waals surface area contributed by atoms with E-state index >= 15 is 0 Å². The highest BCUT2D eigenvalue weighted by atomic mass is 32.2. The average Bonchev–Trinajstić information content (AvgIpc) is 3.24. The normalized spacial score (nSPS) is 15.0. The van der Waals surface area contributed by atoms with Crippen LogP contribution in [0.25, 0.3) is 0 Å². The van der Waals surface area contributed by atoms with E-state index in [0.717, 1.165) is 36.7 Å². The second-order valence-electron chi connectivity index (χ2n) is 5.22. The summed E-state index contributed by atoms with van der Waals surface area (Å²) in [6.07, 6.45) is -1.57. The second-order valence-corrected chi connectivity index (χ2v) is 6.02. The number of aromatic nitrogens is 1. The number of carbonyl (C=O) groups excluding carboxylic acids is 1. The van der Waals surface area contributed by atoms with Crippen molar-refractivity contribution in [3.05, 3.63) is 46.5 Å². The number of carbonyl (C=O) groups is 1. The summed E-state index contributed by atoms with van der Waals surface area (Å²) < 4.78 is 57.7. The van der Waals surface area contributed by atoms with Gasteiger partial charge in [0, 0.05) is 11.5 Å². The first-order chi connectivity index (χ1) is 10.8. The van der Waals surface area contributed by atoms with Gasteiger partial charge in [-0.3, -0.25) is 4.79 Å². The third kappa shape index (κ3) is 2.99. The van der Waals surface area contributed by atoms with Crippen LogP contribution in [0.3, 0.4) is 0 Å². The van der Waals surface area contributed by atoms with Gasteiger partial charge in [0.2, 0.25) is 0 Å². The third-order valence-corrected chi connectivity index (χ3v) is 4.25. The van der Waals surface area contributed by atoms with Crippen molar-refractivity contribution in [2.75, 3.05) is 6.26 Å². The summed E-state index contributed by atoms with van der Waals surface area (Å²) in [5, 5.41) is 4.01. The summed E-state index contributed by atoms with van der Waals surface area (Å²) in [4.78, 5) is 12.7. The van der Waals surface area contributed by atoms with E-state index in [9.17, 15) is 22.4 Å². The Balaban J connectivity index is 2.13. The van der Waals surface area contributed by atoms with E-state index in [1.54, 1.807) is 6.26 Å². The third-order valence-electron chi connectivity index (χ3n) is 3.59. The molecule has 0 amide bonds. The van der Waals surface area contributed by atoms with E-state index < -0.39 is 28.9 Å². The minimum atomic E-state index is -4.83. The van der Waals surface area contributed by atoms with Crippen molar-refractivity contribution in [3.8, 4) is 0 Å². The molecule has 3 nitrogen and oxygen atoms in total. The SMILES string of the molecule is CSc1noc(C2CC2)c1C(=O)c1ccc(F)cc1C(F)(F)F. The van der Waals surface area contributed by atoms with E-state index in [-0.39, 0.29) is 16.5 Å². The highest BCUT2D eigenvalue weighted by Gasteiger charge is 2.39. The molecule has 122 valence electrons. The molecule has 3 rings (SSSR count). The molecule has 0 bridgehead atoms. The molecule has 0 atom stereocenters. The molecule has 1 fully saturated rings. The van der Waals surface area contributed by atoms with Crippen LogP contribution in [0, 0.1) is 5.82 Å². The van der Waals surface area contributed by atoms with Gasteiger partial charge in [0.15, 0.2) is 16.6 Å². The summed E-state index contributed by atoms with van der Waals surface area (Å²) in [7, 11) is 0. The summed E-state index contributed by atoms with van der Waals surface area (Å²) in [5.41, 5.74) is -1.84. The van der Waals surface area contributed by atoms with Crippen LogP contribution < -0.4 is 0 Å². The minimum absolute atomic E-state index is 0.0112. The van der Waals surface area contributed by atoms with Crippen LogP contribution in [0.2, 0.25) is 0 Å². The van der Waals surface area contributed by atoms with Gasteiger partial charge in [-0.1, -0.05) is 5.16 Å². The summed E-state index contributed by atoms with van der Waals surface area (Å²) in [6, 6.07) is 2.02. The van der Waals surface area contributed by atoms with Crippen LogP contribution in [0.4, 0.5) is 17.6 Å². The Morgan fingerprint density at radius 2 is 2.04 bits per heavy atom. The highest BCUT2D eigenvalue weighted by Crippen LogP contribution is 2.44. The Morgan fingerprint density at radius 3 is 2.61 bits per heavy atom. The van der Waals surface area contributed by atoms with E-state index in [1.807, 2.05) is 0 Å². The maximum atomic E-state index is 13.2. The van der Waals surface area contributed by atoms with Gasteiger partial charge in [-0.05, 0) is 37.3 Å². The van der Waals surface area contributed by atoms with Crippen molar-refractivity contribution in [2.45, 2.75) is 30.0 Å². The van der Waals surface area contributed by atoms with Crippen molar-refractivity contribution in [2.24, 2.45) is 0 Å². The fraction of sp³-hybridized carbons (Fsp3) is 0.333. The average molecular weight is 345 g/mol. The molecule has 2 aromatic rings. The Hall–Kier alpha value is -1.83. The zero-order valence-corrected chi connectivity index (χ0v) is 12.7. The highest BCUT2D eigenvalue weighted by molar-refractivity contribution is 7.98. The maximum Gasteiger partial charge on any atom is 0.417 e. The van der Waals surface area contributed by atoms with Gasteiger partial charge in [-0.15, -0.1) is 11.8 Å². The molecule has 1 aromatic carbocycles. The predicted octanol–water partition coefficient (Wildman–Crippen LogP) is 4.66. The monoisotopic (exact) mass is 345 g/mol. The van der Waals surface area contributed by atoms with E-state index in [1.165, 1.54) is 0 Å². The number of ketones is 1. The van der Waals surface area contributed by atoms with Crippen LogP contribution in [0.15, 0.2) is 27.7 Å². The van der Waals surface area contributed by atoms with Crippen molar-refractivity contribution in [1.29, 1.82) is 0 Å². The molecular formula is C15H11F4NO2S. The lowest BCUT2D eigenvalue weighted by molar-refractivity contribution is -0.138. The Morgan fingerprint density at radius 1 is 1.35 bits per heavy atom. The molecule has 0 saturated heterocycles. The number of hydrogen-bond acceptors (Lipinski definition) is 4. The maximum absolute atomic E-state index is 13.2. The van der Waals surface area contributed by atoms with Gasteiger partial charge in [-0.25, -0.2) is 4.39 Å². The number of thioether (sulfide) groups is 1. The van der Waals surface area contributed by atoms with E-state index in [0.29, 0.717) is 11.8 Å². The summed E-state index contributed by atoms with van der Waals surface area (Å²) in [5.74, 6) is -1.56. The topological polar surface area (TPSA) is 43.1 Å². The second kappa shape index (κ2) is 5.67. The van der Waals surface area contributed by atoms with Crippen molar-refractivity contribution in [1.82, 2.24) is 5.16 Å². The van der Waals surface area contributed by atoms with Gasteiger partial charge < -0.3 is 4.52 Å². The van der Waals surface area contributed by atoms with Crippen molar-refractivity contribution >= 4 is 17.5 Å². The largest absolute Gasteiger partial charge is 0.417 e. The van der Waals surface area contributed by atoms with Crippen LogP contribution >= 0.6 is 11.8 Å². The molecule has 1 aliphatic rings. The Bertz CT molecular complexity index is 765. The fourth-order valence-corrected chi connectivity index (χ4v) is 2.85. The predicted molar refractivity (Wildman–Crippen MR) is 75.1 cm³/mol. The molecule has 0 spiro atoms. The Labute approximate surface area is 133 Å². The zero-order valence-electron chi connectivity index (χ0n) is 11.9. The quantitative estimate of drug-likeness (QED) is 0.459. The molecular weight excluding hydrogens is 334 g/mol. The minimum Gasteiger partial charge on any atom is -0.359 e. The van der Waals surface area contributed by atoms with Crippen LogP contribution in [-0.4, -0.2) is 17.2 Å². The molecule has 1 heterocycles. The number of halogens is 4. The van der Waals surface area contributed by atoms with Crippen LogP contribution in [0.5, 0.6) is 0 Å². The van der Waals surface area contributed by atoms with Crippen molar-refractivity contribution < 1.29 is 26.9 Å². The number of hydrogen-bond donors (Lipinski definition) is 0. The lowest BCUT2D eigenvalue weighted by Crippen LogP contribution is -2.15. The molecule has 0 aliphatic heterocycles. The van der Waals surface area contributed by atoms with Gasteiger partial charge in [0.25, 0.3) is 0 Å². The number of rotatable bonds is 4. The van der Waals surface area contributed by atoms with Crippen molar-refractivity contribution in [3.63, 3.8) is 0 Å². The molecule has 0 unspecified atom stereocenters. The smallest absolute Gasteiger partial charge is 0.359 e. The zero-order chi connectivity index (χ0) is 16.8. The molecule has 1 saturated carbocycles. The Kier molecular flexibility index (Phi) is 3.95. The summed E-state index contributed by atoms with van der Waals surface area (Å²) >= 11 is 1.12. The van der Waals surface area contributed by atoms with Crippen LogP contribution in [0.1, 0.15) is 46.0 Å². The van der Waals surface area contributed by atoms with Gasteiger partial charge in [-0.2, -0.15) is 13.2 Å². The first-order valence-electron chi connectivity index (χ1n) is 6.78. The molecule has 1 aromatic heterocycles. The number of nitrogens with zero attached hydrogens (tertiary/aromatic N) is 1. The van der Waals surface area contributed by atoms with Crippen LogP contribution in [-0.2, 0) is 6.18 Å². The lowest BCUT2D eigenvalue weighted by atomic mass is 9.97. The van der Waals surface area contributed by atoms with Gasteiger partial charge >= 0.3 is 6.18 Å². The number of benzene rings is 1. The molecule has 1 aliphatic carbocycles.